The summed E-state index contributed by atoms with van der Waals surface area (Å²) >= 11 is 1.18. The number of hydrogen-bond donors (Lipinski definition) is 1. The van der Waals surface area contributed by atoms with Crippen LogP contribution in [0.1, 0.15) is 30.7 Å². The number of aromatic nitrogens is 5. The number of nitrogens with one attached hydrogen (secondary N) is 1. The van der Waals surface area contributed by atoms with Gasteiger partial charge in [-0.1, -0.05) is 18.7 Å². The minimum atomic E-state index is -4.65. The first kappa shape index (κ1) is 16.5. The molecule has 0 radical (unpaired) electrons. The predicted molar refractivity (Wildman–Crippen MR) is 74.5 cm³/mol. The minimum Gasteiger partial charge on any atom is -0.310 e. The third-order valence-electron chi connectivity index (χ3n) is 2.77. The van der Waals surface area contributed by atoms with Crippen LogP contribution < -0.4 is 5.56 Å². The Morgan fingerprint density at radius 1 is 1.36 bits per heavy atom. The van der Waals surface area contributed by atoms with E-state index in [-0.39, 0.29) is 11.6 Å². The number of alkyl halides is 3. The molecule has 0 spiro atoms. The number of nitrogens with zero attached hydrogens (tertiary/aromatic N) is 4. The summed E-state index contributed by atoms with van der Waals surface area (Å²) < 4.78 is 39.8. The molecule has 6 nitrogen and oxygen atoms in total. The molecular weight excluding hydrogens is 319 g/mol. The molecule has 2 aromatic heterocycles. The van der Waals surface area contributed by atoms with Crippen LogP contribution in [0.25, 0.3) is 0 Å². The van der Waals surface area contributed by atoms with E-state index in [0.29, 0.717) is 17.8 Å². The second kappa shape index (κ2) is 6.51. The molecule has 0 aliphatic rings. The Kier molecular flexibility index (Phi) is 4.89. The third-order valence-corrected chi connectivity index (χ3v) is 3.75. The lowest BCUT2D eigenvalue weighted by atomic mass is 10.4. The van der Waals surface area contributed by atoms with E-state index in [1.165, 1.54) is 11.8 Å². The van der Waals surface area contributed by atoms with Crippen LogP contribution in [0.4, 0.5) is 13.2 Å². The van der Waals surface area contributed by atoms with E-state index in [1.807, 2.05) is 11.5 Å². The van der Waals surface area contributed by atoms with Gasteiger partial charge in [0.2, 0.25) is 0 Å². The molecule has 1 N–H and O–H groups in total. The number of aryl methyl sites for hydroxylation is 1. The van der Waals surface area contributed by atoms with Gasteiger partial charge in [-0.3, -0.25) is 4.79 Å². The van der Waals surface area contributed by atoms with E-state index in [4.69, 9.17) is 0 Å². The van der Waals surface area contributed by atoms with E-state index in [0.717, 1.165) is 12.2 Å². The fourth-order valence-corrected chi connectivity index (χ4v) is 2.68. The molecule has 0 atom stereocenters. The topological polar surface area (TPSA) is 76.5 Å². The van der Waals surface area contributed by atoms with Gasteiger partial charge in [0.05, 0.1) is 5.75 Å². The van der Waals surface area contributed by atoms with Gasteiger partial charge in [0.15, 0.2) is 10.9 Å². The zero-order valence-corrected chi connectivity index (χ0v) is 12.8. The average Bonchev–Trinajstić information content (AvgIpc) is 2.77. The molecule has 120 valence electrons. The van der Waals surface area contributed by atoms with Crippen molar-refractivity contribution in [3.05, 3.63) is 33.8 Å². The van der Waals surface area contributed by atoms with Crippen LogP contribution in [0.15, 0.2) is 16.0 Å². The number of H-pyrrole nitrogens is 1. The largest absolute Gasteiger partial charge is 0.433 e. The number of rotatable bonds is 5. The summed E-state index contributed by atoms with van der Waals surface area (Å²) in [6.07, 6.45) is -3.77. The van der Waals surface area contributed by atoms with Gasteiger partial charge in [-0.05, 0) is 13.3 Å². The summed E-state index contributed by atoms with van der Waals surface area (Å²) in [6, 6.07) is 0.442. The Morgan fingerprint density at radius 2 is 2.09 bits per heavy atom. The SMILES string of the molecule is CCCn1c(C)nnc1SCc1nc(C(F)(F)F)cc(=O)[nH]1. The Labute approximate surface area is 128 Å². The molecule has 0 aliphatic heterocycles. The fraction of sp³-hybridized carbons (Fsp3) is 0.500. The van der Waals surface area contributed by atoms with E-state index in [1.54, 1.807) is 6.92 Å². The van der Waals surface area contributed by atoms with Crippen molar-refractivity contribution in [1.29, 1.82) is 0 Å². The molecule has 0 fully saturated rings. The summed E-state index contributed by atoms with van der Waals surface area (Å²) in [7, 11) is 0. The van der Waals surface area contributed by atoms with E-state index >= 15 is 0 Å². The van der Waals surface area contributed by atoms with Crippen molar-refractivity contribution in [1.82, 2.24) is 24.7 Å². The van der Waals surface area contributed by atoms with Gasteiger partial charge in [0.1, 0.15) is 11.6 Å². The molecular formula is C12H14F3N5OS. The third kappa shape index (κ3) is 3.87. The highest BCUT2D eigenvalue weighted by Crippen LogP contribution is 2.27. The summed E-state index contributed by atoms with van der Waals surface area (Å²) in [6.45, 7) is 4.52. The number of hydrogen-bond acceptors (Lipinski definition) is 5. The number of aromatic amines is 1. The van der Waals surface area contributed by atoms with Crippen molar-refractivity contribution in [2.45, 2.75) is 43.9 Å². The van der Waals surface area contributed by atoms with Crippen LogP contribution in [0, 0.1) is 6.92 Å². The molecule has 2 heterocycles. The van der Waals surface area contributed by atoms with Crippen LogP contribution in [-0.4, -0.2) is 24.7 Å². The Morgan fingerprint density at radius 3 is 2.73 bits per heavy atom. The van der Waals surface area contributed by atoms with Crippen molar-refractivity contribution in [3.8, 4) is 0 Å². The van der Waals surface area contributed by atoms with Crippen molar-refractivity contribution in [3.63, 3.8) is 0 Å². The zero-order chi connectivity index (χ0) is 16.3. The number of halogens is 3. The lowest BCUT2D eigenvalue weighted by Crippen LogP contribution is -2.18. The molecule has 2 rings (SSSR count). The Balaban J connectivity index is 2.19. The van der Waals surface area contributed by atoms with Crippen LogP contribution in [-0.2, 0) is 18.5 Å². The van der Waals surface area contributed by atoms with Gasteiger partial charge in [-0.15, -0.1) is 10.2 Å². The average molecular weight is 333 g/mol. The molecule has 0 saturated carbocycles. The molecule has 0 aliphatic carbocycles. The van der Waals surface area contributed by atoms with Crippen molar-refractivity contribution >= 4 is 11.8 Å². The molecule has 0 bridgehead atoms. The summed E-state index contributed by atoms with van der Waals surface area (Å²) in [5.41, 5.74) is -2.03. The monoisotopic (exact) mass is 333 g/mol. The molecule has 0 amide bonds. The Hall–Kier alpha value is -1.84. The number of thioether (sulfide) groups is 1. The highest BCUT2D eigenvalue weighted by atomic mass is 32.2. The van der Waals surface area contributed by atoms with E-state index < -0.39 is 17.4 Å². The highest BCUT2D eigenvalue weighted by Gasteiger charge is 2.33. The summed E-state index contributed by atoms with van der Waals surface area (Å²) in [4.78, 5) is 17.1. The van der Waals surface area contributed by atoms with Gasteiger partial charge in [0.25, 0.3) is 5.56 Å². The second-order valence-electron chi connectivity index (χ2n) is 4.55. The van der Waals surface area contributed by atoms with Gasteiger partial charge in [-0.2, -0.15) is 13.2 Å². The molecule has 0 aromatic carbocycles. The lowest BCUT2D eigenvalue weighted by Gasteiger charge is -2.08. The quantitative estimate of drug-likeness (QED) is 0.850. The fourth-order valence-electron chi connectivity index (χ4n) is 1.80. The van der Waals surface area contributed by atoms with Crippen LogP contribution in [0.3, 0.4) is 0 Å². The van der Waals surface area contributed by atoms with Crippen molar-refractivity contribution in [2.75, 3.05) is 0 Å². The van der Waals surface area contributed by atoms with Crippen molar-refractivity contribution < 1.29 is 13.2 Å². The maximum atomic E-state index is 12.6. The highest BCUT2D eigenvalue weighted by molar-refractivity contribution is 7.98. The summed E-state index contributed by atoms with van der Waals surface area (Å²) in [5, 5.41) is 8.50. The molecule has 0 saturated heterocycles. The molecule has 2 aromatic rings. The van der Waals surface area contributed by atoms with Crippen LogP contribution in [0.5, 0.6) is 0 Å². The first-order valence-electron chi connectivity index (χ1n) is 6.51. The van der Waals surface area contributed by atoms with Gasteiger partial charge < -0.3 is 9.55 Å². The van der Waals surface area contributed by atoms with Gasteiger partial charge in [0, 0.05) is 12.6 Å². The van der Waals surface area contributed by atoms with Crippen LogP contribution >= 0.6 is 11.8 Å². The predicted octanol–water partition coefficient (Wildman–Crippen LogP) is 2.39. The van der Waals surface area contributed by atoms with E-state index in [2.05, 4.69) is 20.2 Å². The lowest BCUT2D eigenvalue weighted by molar-refractivity contribution is -0.141. The maximum Gasteiger partial charge on any atom is 0.433 e. The molecule has 22 heavy (non-hydrogen) atoms. The first-order valence-corrected chi connectivity index (χ1v) is 7.50. The van der Waals surface area contributed by atoms with Gasteiger partial charge >= 0.3 is 6.18 Å². The first-order chi connectivity index (χ1) is 10.3. The normalized spacial score (nSPS) is 11.9. The van der Waals surface area contributed by atoms with Crippen LogP contribution in [0.2, 0.25) is 0 Å². The Bertz CT molecular complexity index is 710. The standard InChI is InChI=1S/C12H14F3N5OS/c1-3-4-20-7(2)18-19-11(20)22-6-9-16-8(12(13,14)15)5-10(21)17-9/h5H,3-4,6H2,1-2H3,(H,16,17,21). The van der Waals surface area contributed by atoms with Crippen molar-refractivity contribution in [2.24, 2.45) is 0 Å². The smallest absolute Gasteiger partial charge is 0.310 e. The second-order valence-corrected chi connectivity index (χ2v) is 5.49. The van der Waals surface area contributed by atoms with E-state index in [9.17, 15) is 18.0 Å². The molecule has 0 unspecified atom stereocenters. The maximum absolute atomic E-state index is 12.6. The minimum absolute atomic E-state index is 0.0477. The zero-order valence-electron chi connectivity index (χ0n) is 11.9. The van der Waals surface area contributed by atoms with Gasteiger partial charge in [-0.25, -0.2) is 4.98 Å². The summed E-state index contributed by atoms with van der Waals surface area (Å²) in [5.74, 6) is 0.754. The molecule has 10 heteroatoms.